The second-order valence-electron chi connectivity index (χ2n) is 6.19. The van der Waals surface area contributed by atoms with E-state index in [1.807, 2.05) is 0 Å². The van der Waals surface area contributed by atoms with Crippen LogP contribution in [0.2, 0.25) is 5.02 Å². The number of amides is 1. The predicted molar refractivity (Wildman–Crippen MR) is 97.4 cm³/mol. The lowest BCUT2D eigenvalue weighted by Gasteiger charge is -2.17. The average Bonchev–Trinajstić information content (AvgIpc) is 3.29. The van der Waals surface area contributed by atoms with Crippen molar-refractivity contribution in [3.63, 3.8) is 0 Å². The summed E-state index contributed by atoms with van der Waals surface area (Å²) in [5, 5.41) is 4.38. The van der Waals surface area contributed by atoms with Gasteiger partial charge in [0.05, 0.1) is 18.1 Å². The third kappa shape index (κ3) is 3.38. The van der Waals surface area contributed by atoms with Gasteiger partial charge >= 0.3 is 0 Å². The second kappa shape index (κ2) is 7.00. The summed E-state index contributed by atoms with van der Waals surface area (Å²) in [5.74, 6) is 0.679. The number of hydrogen-bond donors (Lipinski definition) is 0. The van der Waals surface area contributed by atoms with Gasteiger partial charge in [0.2, 0.25) is 17.6 Å². The maximum atomic E-state index is 13.1. The Kier molecular flexibility index (Phi) is 4.53. The molecular formula is C19H15ClFN3O3. The monoisotopic (exact) mass is 387 g/mol. The Labute approximate surface area is 159 Å². The highest BCUT2D eigenvalue weighted by Crippen LogP contribution is 2.35. The zero-order valence-corrected chi connectivity index (χ0v) is 15.1. The fourth-order valence-corrected chi connectivity index (χ4v) is 3.31. The lowest BCUT2D eigenvalue weighted by Crippen LogP contribution is -2.24. The third-order valence-electron chi connectivity index (χ3n) is 4.47. The zero-order chi connectivity index (χ0) is 19.0. The quantitative estimate of drug-likeness (QED) is 0.675. The topological polar surface area (TPSA) is 68.5 Å². The van der Waals surface area contributed by atoms with Crippen LogP contribution in [0.4, 0.5) is 10.1 Å². The Bertz CT molecular complexity index is 990. The standard InChI is InChI=1S/C19H15ClFN3O3/c1-26-16-7-6-14(9-15(16)20)24-10-12(8-17(24)25)19-22-18(23-27-19)11-2-4-13(21)5-3-11/h2-7,9,12H,8,10H2,1H3. The van der Waals surface area contributed by atoms with Crippen molar-refractivity contribution in [2.45, 2.75) is 12.3 Å². The first-order valence-electron chi connectivity index (χ1n) is 8.28. The van der Waals surface area contributed by atoms with Gasteiger partial charge in [-0.25, -0.2) is 4.39 Å². The van der Waals surface area contributed by atoms with Crippen molar-refractivity contribution in [3.05, 3.63) is 59.2 Å². The van der Waals surface area contributed by atoms with Gasteiger partial charge < -0.3 is 14.2 Å². The smallest absolute Gasteiger partial charge is 0.232 e. The largest absolute Gasteiger partial charge is 0.495 e. The van der Waals surface area contributed by atoms with Crippen LogP contribution in [0.3, 0.4) is 0 Å². The van der Waals surface area contributed by atoms with Crippen LogP contribution >= 0.6 is 11.6 Å². The van der Waals surface area contributed by atoms with Gasteiger partial charge in [-0.05, 0) is 42.5 Å². The number of methoxy groups -OCH3 is 1. The number of anilines is 1. The first kappa shape index (κ1) is 17.5. The molecule has 2 heterocycles. The minimum Gasteiger partial charge on any atom is -0.495 e. The van der Waals surface area contributed by atoms with Crippen LogP contribution in [0.15, 0.2) is 47.0 Å². The lowest BCUT2D eigenvalue weighted by molar-refractivity contribution is -0.117. The molecule has 1 aliphatic rings. The summed E-state index contributed by atoms with van der Waals surface area (Å²) < 4.78 is 23.5. The van der Waals surface area contributed by atoms with E-state index in [9.17, 15) is 9.18 Å². The number of ether oxygens (including phenoxy) is 1. The fourth-order valence-electron chi connectivity index (χ4n) is 3.06. The summed E-state index contributed by atoms with van der Waals surface area (Å²) in [6.45, 7) is 0.409. The zero-order valence-electron chi connectivity index (χ0n) is 14.4. The maximum absolute atomic E-state index is 13.1. The molecule has 1 fully saturated rings. The summed E-state index contributed by atoms with van der Waals surface area (Å²) in [4.78, 5) is 18.5. The van der Waals surface area contributed by atoms with Crippen LogP contribution in [0.25, 0.3) is 11.4 Å². The molecule has 2 aromatic carbocycles. The number of halogens is 2. The molecule has 0 aliphatic carbocycles. The van der Waals surface area contributed by atoms with Crippen LogP contribution in [-0.2, 0) is 4.79 Å². The van der Waals surface area contributed by atoms with E-state index in [0.29, 0.717) is 40.3 Å². The van der Waals surface area contributed by atoms with E-state index in [1.165, 1.54) is 19.2 Å². The molecule has 138 valence electrons. The van der Waals surface area contributed by atoms with Gasteiger partial charge in [-0.3, -0.25) is 4.79 Å². The highest BCUT2D eigenvalue weighted by molar-refractivity contribution is 6.32. The summed E-state index contributed by atoms with van der Waals surface area (Å²) in [7, 11) is 1.53. The normalized spacial score (nSPS) is 16.8. The van der Waals surface area contributed by atoms with E-state index in [4.69, 9.17) is 20.9 Å². The van der Waals surface area contributed by atoms with E-state index in [-0.39, 0.29) is 24.1 Å². The molecule has 3 aromatic rings. The van der Waals surface area contributed by atoms with Crippen molar-refractivity contribution in [3.8, 4) is 17.1 Å². The van der Waals surface area contributed by atoms with Crippen molar-refractivity contribution in [2.24, 2.45) is 0 Å². The molecule has 1 atom stereocenters. The second-order valence-corrected chi connectivity index (χ2v) is 6.59. The van der Waals surface area contributed by atoms with E-state index in [1.54, 1.807) is 35.2 Å². The number of benzene rings is 2. The highest BCUT2D eigenvalue weighted by atomic mass is 35.5. The van der Waals surface area contributed by atoms with Crippen molar-refractivity contribution < 1.29 is 18.4 Å². The first-order valence-corrected chi connectivity index (χ1v) is 8.66. The van der Waals surface area contributed by atoms with Crippen molar-refractivity contribution in [2.75, 3.05) is 18.6 Å². The van der Waals surface area contributed by atoms with Crippen LogP contribution in [0.1, 0.15) is 18.2 Å². The summed E-state index contributed by atoms with van der Waals surface area (Å²) >= 11 is 6.16. The van der Waals surface area contributed by atoms with Gasteiger partial charge in [-0.1, -0.05) is 16.8 Å². The maximum Gasteiger partial charge on any atom is 0.232 e. The minimum absolute atomic E-state index is 0.0530. The summed E-state index contributed by atoms with van der Waals surface area (Å²) in [6.07, 6.45) is 0.259. The molecule has 0 N–H and O–H groups in total. The Balaban J connectivity index is 1.54. The van der Waals surface area contributed by atoms with Gasteiger partial charge in [-0.2, -0.15) is 4.98 Å². The first-order chi connectivity index (χ1) is 13.0. The number of rotatable bonds is 4. The van der Waals surface area contributed by atoms with Crippen LogP contribution in [-0.4, -0.2) is 29.7 Å². The lowest BCUT2D eigenvalue weighted by atomic mass is 10.1. The Hall–Kier alpha value is -2.93. The Morgan fingerprint density at radius 3 is 2.74 bits per heavy atom. The van der Waals surface area contributed by atoms with Crippen molar-refractivity contribution in [1.29, 1.82) is 0 Å². The summed E-state index contributed by atoms with van der Waals surface area (Å²) in [5.41, 5.74) is 1.33. The minimum atomic E-state index is -0.336. The van der Waals surface area contributed by atoms with Crippen molar-refractivity contribution in [1.82, 2.24) is 10.1 Å². The average molecular weight is 388 g/mol. The molecule has 0 bridgehead atoms. The molecule has 0 saturated carbocycles. The number of carbonyl (C=O) groups is 1. The van der Waals surface area contributed by atoms with Gasteiger partial charge in [0.1, 0.15) is 11.6 Å². The predicted octanol–water partition coefficient (Wildman–Crippen LogP) is 4.06. The van der Waals surface area contributed by atoms with Crippen LogP contribution in [0, 0.1) is 5.82 Å². The van der Waals surface area contributed by atoms with Gasteiger partial charge in [0.15, 0.2) is 0 Å². The number of aromatic nitrogens is 2. The molecule has 27 heavy (non-hydrogen) atoms. The molecule has 0 spiro atoms. The van der Waals surface area contributed by atoms with E-state index in [0.717, 1.165) is 0 Å². The molecule has 8 heteroatoms. The molecule has 1 saturated heterocycles. The summed E-state index contributed by atoms with van der Waals surface area (Å²) in [6, 6.07) is 11.0. The van der Waals surface area contributed by atoms with Crippen molar-refractivity contribution >= 4 is 23.2 Å². The van der Waals surface area contributed by atoms with E-state index >= 15 is 0 Å². The number of nitrogens with zero attached hydrogens (tertiary/aromatic N) is 3. The van der Waals surface area contributed by atoms with Crippen LogP contribution in [0.5, 0.6) is 5.75 Å². The molecule has 1 aliphatic heterocycles. The number of hydrogen-bond acceptors (Lipinski definition) is 5. The van der Waals surface area contributed by atoms with Crippen LogP contribution < -0.4 is 9.64 Å². The Morgan fingerprint density at radius 1 is 1.26 bits per heavy atom. The van der Waals surface area contributed by atoms with Gasteiger partial charge in [0.25, 0.3) is 0 Å². The van der Waals surface area contributed by atoms with Gasteiger partial charge in [-0.15, -0.1) is 0 Å². The number of carbonyl (C=O) groups excluding carboxylic acids is 1. The van der Waals surface area contributed by atoms with Gasteiger partial charge in [0, 0.05) is 24.2 Å². The van der Waals surface area contributed by atoms with E-state index < -0.39 is 0 Å². The molecule has 1 unspecified atom stereocenters. The molecular weight excluding hydrogens is 373 g/mol. The SMILES string of the molecule is COc1ccc(N2CC(c3nc(-c4ccc(F)cc4)no3)CC2=O)cc1Cl. The Morgan fingerprint density at radius 2 is 2.04 bits per heavy atom. The molecule has 4 rings (SSSR count). The third-order valence-corrected chi connectivity index (χ3v) is 4.76. The highest BCUT2D eigenvalue weighted by Gasteiger charge is 2.35. The molecule has 1 aromatic heterocycles. The molecule has 6 nitrogen and oxygen atoms in total. The molecule has 1 amide bonds. The van der Waals surface area contributed by atoms with E-state index in [2.05, 4.69) is 10.1 Å². The molecule has 0 radical (unpaired) electrons. The fraction of sp³-hybridized carbons (Fsp3) is 0.211.